The minimum Gasteiger partial charge on any atom is -0.444 e. The lowest BCUT2D eigenvalue weighted by molar-refractivity contribution is -0.120. The number of nitrogens with zero attached hydrogens (tertiary/aromatic N) is 2. The number of aromatic nitrogens is 2. The van der Waals surface area contributed by atoms with Gasteiger partial charge in [-0.15, -0.1) is 11.3 Å². The molecule has 0 aliphatic carbocycles. The van der Waals surface area contributed by atoms with Crippen molar-refractivity contribution in [2.24, 2.45) is 0 Å². The molecule has 0 saturated carbocycles. The molecule has 0 atom stereocenters. The number of oxazole rings is 1. The van der Waals surface area contributed by atoms with Crippen LogP contribution in [-0.2, 0) is 11.2 Å². The van der Waals surface area contributed by atoms with Crippen LogP contribution in [-0.4, -0.2) is 34.9 Å². The number of carbonyl (C=O) groups is 2. The standard InChI is InChI=1S/C17H16N4O3S/c22-15(9-13-11-24-17(21-13)14-4-2-8-25-14)19-6-7-20-16(23)12-3-1-5-18-10-12/h1-5,8,10-11H,6-7,9H2,(H,19,22)(H,20,23). The van der Waals surface area contributed by atoms with E-state index in [1.54, 1.807) is 18.3 Å². The number of carbonyl (C=O) groups excluding carboxylic acids is 2. The van der Waals surface area contributed by atoms with E-state index in [4.69, 9.17) is 4.42 Å². The molecule has 25 heavy (non-hydrogen) atoms. The molecular formula is C17H16N4O3S. The SMILES string of the molecule is O=C(Cc1coc(-c2cccs2)n1)NCCNC(=O)c1cccnc1. The van der Waals surface area contributed by atoms with E-state index in [-0.39, 0.29) is 18.2 Å². The number of thiophene rings is 1. The molecule has 128 valence electrons. The molecule has 0 radical (unpaired) electrons. The molecule has 3 rings (SSSR count). The maximum atomic E-state index is 11.9. The summed E-state index contributed by atoms with van der Waals surface area (Å²) >= 11 is 1.52. The van der Waals surface area contributed by atoms with E-state index in [2.05, 4.69) is 20.6 Å². The van der Waals surface area contributed by atoms with Crippen LogP contribution in [0.3, 0.4) is 0 Å². The molecule has 0 saturated heterocycles. The van der Waals surface area contributed by atoms with Gasteiger partial charge in [0.05, 0.1) is 22.6 Å². The normalized spacial score (nSPS) is 10.4. The Morgan fingerprint density at radius 2 is 2.04 bits per heavy atom. The third-order valence-corrected chi connectivity index (χ3v) is 4.14. The Morgan fingerprint density at radius 3 is 2.80 bits per heavy atom. The van der Waals surface area contributed by atoms with Crippen LogP contribution in [0.5, 0.6) is 0 Å². The lowest BCUT2D eigenvalue weighted by atomic mass is 10.3. The van der Waals surface area contributed by atoms with Gasteiger partial charge in [0.25, 0.3) is 5.91 Å². The van der Waals surface area contributed by atoms with E-state index in [0.717, 1.165) is 4.88 Å². The highest BCUT2D eigenvalue weighted by atomic mass is 32.1. The van der Waals surface area contributed by atoms with Crippen LogP contribution in [0.2, 0.25) is 0 Å². The third kappa shape index (κ3) is 4.74. The van der Waals surface area contributed by atoms with Gasteiger partial charge in [0.1, 0.15) is 6.26 Å². The number of nitrogens with one attached hydrogen (secondary N) is 2. The Hall–Kier alpha value is -3.00. The molecule has 0 fully saturated rings. The van der Waals surface area contributed by atoms with Crippen LogP contribution in [0.1, 0.15) is 16.1 Å². The highest BCUT2D eigenvalue weighted by molar-refractivity contribution is 7.13. The van der Waals surface area contributed by atoms with Crippen LogP contribution in [0, 0.1) is 0 Å². The van der Waals surface area contributed by atoms with Crippen molar-refractivity contribution >= 4 is 23.2 Å². The van der Waals surface area contributed by atoms with Gasteiger partial charge in [-0.25, -0.2) is 4.98 Å². The molecule has 3 heterocycles. The Labute approximate surface area is 148 Å². The van der Waals surface area contributed by atoms with Crippen LogP contribution in [0.4, 0.5) is 0 Å². The molecule has 0 aromatic carbocycles. The monoisotopic (exact) mass is 356 g/mol. The van der Waals surface area contributed by atoms with Crippen LogP contribution in [0.25, 0.3) is 10.8 Å². The van der Waals surface area contributed by atoms with Gasteiger partial charge in [0.15, 0.2) is 0 Å². The van der Waals surface area contributed by atoms with Gasteiger partial charge in [0, 0.05) is 25.5 Å². The molecule has 0 aliphatic heterocycles. The molecule has 2 amide bonds. The van der Waals surface area contributed by atoms with Crippen molar-refractivity contribution in [3.05, 3.63) is 59.6 Å². The topological polar surface area (TPSA) is 97.1 Å². The maximum Gasteiger partial charge on any atom is 0.252 e. The van der Waals surface area contributed by atoms with Gasteiger partial charge in [-0.05, 0) is 23.6 Å². The fraction of sp³-hybridized carbons (Fsp3) is 0.176. The van der Waals surface area contributed by atoms with Crippen molar-refractivity contribution in [1.29, 1.82) is 0 Å². The second-order valence-electron chi connectivity index (χ2n) is 5.15. The van der Waals surface area contributed by atoms with Gasteiger partial charge in [-0.1, -0.05) is 6.07 Å². The number of amides is 2. The van der Waals surface area contributed by atoms with Crippen LogP contribution < -0.4 is 10.6 Å². The summed E-state index contributed by atoms with van der Waals surface area (Å²) in [4.78, 5) is 32.8. The van der Waals surface area contributed by atoms with Gasteiger partial charge in [0.2, 0.25) is 11.8 Å². The van der Waals surface area contributed by atoms with Gasteiger partial charge >= 0.3 is 0 Å². The van der Waals surface area contributed by atoms with Gasteiger partial charge < -0.3 is 15.1 Å². The predicted molar refractivity (Wildman–Crippen MR) is 93.1 cm³/mol. The lowest BCUT2D eigenvalue weighted by Crippen LogP contribution is -2.35. The van der Waals surface area contributed by atoms with Crippen molar-refractivity contribution in [3.63, 3.8) is 0 Å². The quantitative estimate of drug-likeness (QED) is 0.630. The predicted octanol–water partition coefficient (Wildman–Crippen LogP) is 1.89. The summed E-state index contributed by atoms with van der Waals surface area (Å²) in [5.74, 6) is 0.114. The fourth-order valence-corrected chi connectivity index (χ4v) is 2.76. The van der Waals surface area contributed by atoms with E-state index >= 15 is 0 Å². The highest BCUT2D eigenvalue weighted by Crippen LogP contribution is 2.23. The van der Waals surface area contributed by atoms with Gasteiger partial charge in [-0.3, -0.25) is 14.6 Å². The largest absolute Gasteiger partial charge is 0.444 e. The first kappa shape index (κ1) is 16.8. The van der Waals surface area contributed by atoms with E-state index in [1.165, 1.54) is 23.8 Å². The molecule has 7 nitrogen and oxygen atoms in total. The maximum absolute atomic E-state index is 11.9. The molecule has 0 spiro atoms. The van der Waals surface area contributed by atoms with Crippen LogP contribution >= 0.6 is 11.3 Å². The Bertz CT molecular complexity index is 831. The zero-order valence-electron chi connectivity index (χ0n) is 13.3. The van der Waals surface area contributed by atoms with E-state index in [1.807, 2.05) is 17.5 Å². The smallest absolute Gasteiger partial charge is 0.252 e. The number of hydrogen-bond acceptors (Lipinski definition) is 6. The Morgan fingerprint density at radius 1 is 1.16 bits per heavy atom. The average molecular weight is 356 g/mol. The summed E-state index contributed by atoms with van der Waals surface area (Å²) in [5, 5.41) is 7.38. The summed E-state index contributed by atoms with van der Waals surface area (Å²) in [5.41, 5.74) is 1.05. The minimum absolute atomic E-state index is 0.130. The molecule has 3 aromatic heterocycles. The third-order valence-electron chi connectivity index (χ3n) is 3.28. The van der Waals surface area contributed by atoms with E-state index in [0.29, 0.717) is 30.2 Å². The van der Waals surface area contributed by atoms with Crippen molar-refractivity contribution in [2.45, 2.75) is 6.42 Å². The summed E-state index contributed by atoms with van der Waals surface area (Å²) < 4.78 is 5.37. The zero-order chi connectivity index (χ0) is 17.5. The van der Waals surface area contributed by atoms with Crippen LogP contribution in [0.15, 0.2) is 52.7 Å². The summed E-state index contributed by atoms with van der Waals surface area (Å²) in [7, 11) is 0. The summed E-state index contributed by atoms with van der Waals surface area (Å²) in [6.07, 6.45) is 4.71. The van der Waals surface area contributed by atoms with Gasteiger partial charge in [-0.2, -0.15) is 0 Å². The molecular weight excluding hydrogens is 340 g/mol. The minimum atomic E-state index is -0.223. The summed E-state index contributed by atoms with van der Waals surface area (Å²) in [6, 6.07) is 7.19. The van der Waals surface area contributed by atoms with Crippen molar-refractivity contribution in [2.75, 3.05) is 13.1 Å². The van der Waals surface area contributed by atoms with Crippen molar-refractivity contribution < 1.29 is 14.0 Å². The molecule has 3 aromatic rings. The molecule has 0 unspecified atom stereocenters. The molecule has 8 heteroatoms. The molecule has 2 N–H and O–H groups in total. The number of pyridine rings is 1. The average Bonchev–Trinajstić information content (AvgIpc) is 3.31. The molecule has 0 bridgehead atoms. The number of hydrogen-bond donors (Lipinski definition) is 2. The Kier molecular flexibility index (Phi) is 5.53. The zero-order valence-corrected chi connectivity index (χ0v) is 14.1. The Balaban J connectivity index is 1.39. The first-order valence-corrected chi connectivity index (χ1v) is 8.53. The molecule has 0 aliphatic rings. The van der Waals surface area contributed by atoms with E-state index in [9.17, 15) is 9.59 Å². The fourth-order valence-electron chi connectivity index (χ4n) is 2.11. The first-order chi connectivity index (χ1) is 12.2. The lowest BCUT2D eigenvalue weighted by Gasteiger charge is -2.06. The first-order valence-electron chi connectivity index (χ1n) is 7.65. The highest BCUT2D eigenvalue weighted by Gasteiger charge is 2.11. The second-order valence-corrected chi connectivity index (χ2v) is 6.09. The number of rotatable bonds is 7. The van der Waals surface area contributed by atoms with Crippen molar-refractivity contribution in [3.8, 4) is 10.8 Å². The van der Waals surface area contributed by atoms with E-state index < -0.39 is 0 Å². The second kappa shape index (κ2) is 8.20. The summed E-state index contributed by atoms with van der Waals surface area (Å²) in [6.45, 7) is 0.666. The van der Waals surface area contributed by atoms with Crippen molar-refractivity contribution in [1.82, 2.24) is 20.6 Å².